The van der Waals surface area contributed by atoms with Crippen molar-refractivity contribution in [3.63, 3.8) is 0 Å². The van der Waals surface area contributed by atoms with Crippen molar-refractivity contribution in [3.8, 4) is 0 Å². The molecule has 0 radical (unpaired) electrons. The minimum absolute atomic E-state index is 0.00891. The van der Waals surface area contributed by atoms with Crippen LogP contribution in [0.4, 0.5) is 0 Å². The van der Waals surface area contributed by atoms with Gasteiger partial charge in [0.05, 0.1) is 23.2 Å². The highest BCUT2D eigenvalue weighted by Crippen LogP contribution is 2.30. The highest BCUT2D eigenvalue weighted by Gasteiger charge is 2.41. The first-order valence-electron chi connectivity index (χ1n) is 7.10. The second-order valence-corrected chi connectivity index (χ2v) is 8.75. The van der Waals surface area contributed by atoms with E-state index in [0.29, 0.717) is 17.7 Å². The van der Waals surface area contributed by atoms with Gasteiger partial charge in [-0.15, -0.1) is 0 Å². The average molecular weight is 314 g/mol. The monoisotopic (exact) mass is 314 g/mol. The second-order valence-electron chi connectivity index (χ2n) is 6.52. The molecule has 2 rings (SSSR count). The quantitative estimate of drug-likeness (QED) is 0.827. The number of aromatic nitrogens is 1. The molecule has 118 valence electrons. The van der Waals surface area contributed by atoms with Gasteiger partial charge < -0.3 is 9.42 Å². The van der Waals surface area contributed by atoms with Crippen LogP contribution in [0, 0.1) is 5.41 Å². The molecule has 21 heavy (non-hydrogen) atoms. The number of hydrogen-bond donors (Lipinski definition) is 0. The number of carbonyl (C=O) groups is 1. The third-order valence-corrected chi connectivity index (χ3v) is 5.53. The molecule has 0 aliphatic carbocycles. The van der Waals surface area contributed by atoms with Crippen LogP contribution in [0.2, 0.25) is 0 Å². The van der Waals surface area contributed by atoms with Crippen LogP contribution >= 0.6 is 0 Å². The summed E-state index contributed by atoms with van der Waals surface area (Å²) >= 11 is 0. The molecule has 0 N–H and O–H groups in total. The third kappa shape index (κ3) is 3.28. The molecule has 1 aliphatic rings. The van der Waals surface area contributed by atoms with Gasteiger partial charge in [-0.25, -0.2) is 8.42 Å². The molecular formula is C14H22N2O4S. The van der Waals surface area contributed by atoms with E-state index >= 15 is 0 Å². The summed E-state index contributed by atoms with van der Waals surface area (Å²) in [6.07, 6.45) is 1.95. The molecule has 0 saturated carbocycles. The van der Waals surface area contributed by atoms with E-state index in [0.717, 1.165) is 0 Å². The highest BCUT2D eigenvalue weighted by molar-refractivity contribution is 7.91. The van der Waals surface area contributed by atoms with Crippen LogP contribution in [-0.2, 0) is 16.3 Å². The van der Waals surface area contributed by atoms with E-state index in [1.165, 1.54) is 6.26 Å². The van der Waals surface area contributed by atoms with Gasteiger partial charge in [0.15, 0.2) is 9.84 Å². The summed E-state index contributed by atoms with van der Waals surface area (Å²) in [5.74, 6) is -0.171. The Kier molecular flexibility index (Phi) is 4.15. The predicted molar refractivity (Wildman–Crippen MR) is 78.8 cm³/mol. The summed E-state index contributed by atoms with van der Waals surface area (Å²) in [5, 5.41) is 3.83. The zero-order valence-corrected chi connectivity index (χ0v) is 13.7. The number of rotatable bonds is 2. The second kappa shape index (κ2) is 5.44. The summed E-state index contributed by atoms with van der Waals surface area (Å²) < 4.78 is 28.7. The third-order valence-electron chi connectivity index (χ3n) is 3.90. The lowest BCUT2D eigenvalue weighted by molar-refractivity contribution is 0.0560. The molecule has 0 bridgehead atoms. The lowest BCUT2D eigenvalue weighted by Gasteiger charge is -2.42. The van der Waals surface area contributed by atoms with Gasteiger partial charge in [0.1, 0.15) is 11.8 Å². The standard InChI is InChI=1S/C14H22N2O4S/c1-5-11-10(8-20-15-11)13(17)16-6-7-21(18,19)9-12(16)14(2,3)4/h8,12H,5-7,9H2,1-4H3. The van der Waals surface area contributed by atoms with E-state index < -0.39 is 9.84 Å². The highest BCUT2D eigenvalue weighted by atomic mass is 32.2. The maximum Gasteiger partial charge on any atom is 0.259 e. The molecule has 1 unspecified atom stereocenters. The molecule has 1 saturated heterocycles. The van der Waals surface area contributed by atoms with Gasteiger partial charge in [-0.3, -0.25) is 4.79 Å². The van der Waals surface area contributed by atoms with Crippen LogP contribution in [0.5, 0.6) is 0 Å². The van der Waals surface area contributed by atoms with Crippen LogP contribution in [0.25, 0.3) is 0 Å². The van der Waals surface area contributed by atoms with Gasteiger partial charge in [0, 0.05) is 6.54 Å². The molecular weight excluding hydrogens is 292 g/mol. The zero-order valence-electron chi connectivity index (χ0n) is 12.9. The Morgan fingerprint density at radius 1 is 1.48 bits per heavy atom. The summed E-state index contributed by atoms with van der Waals surface area (Å²) in [6.45, 7) is 7.97. The number of amides is 1. The first-order chi connectivity index (χ1) is 9.65. The number of carbonyl (C=O) groups excluding carboxylic acids is 1. The lowest BCUT2D eigenvalue weighted by atomic mass is 9.86. The van der Waals surface area contributed by atoms with E-state index in [2.05, 4.69) is 5.16 Å². The molecule has 0 aromatic carbocycles. The molecule has 1 atom stereocenters. The molecule has 0 spiro atoms. The van der Waals surface area contributed by atoms with Crippen LogP contribution < -0.4 is 0 Å². The molecule has 7 heteroatoms. The number of hydrogen-bond acceptors (Lipinski definition) is 5. The van der Waals surface area contributed by atoms with E-state index in [9.17, 15) is 13.2 Å². The van der Waals surface area contributed by atoms with Crippen molar-refractivity contribution < 1.29 is 17.7 Å². The van der Waals surface area contributed by atoms with Gasteiger partial charge >= 0.3 is 0 Å². The largest absolute Gasteiger partial charge is 0.364 e. The van der Waals surface area contributed by atoms with Crippen molar-refractivity contribution in [1.82, 2.24) is 10.1 Å². The van der Waals surface area contributed by atoms with Crippen molar-refractivity contribution >= 4 is 15.7 Å². The van der Waals surface area contributed by atoms with Crippen molar-refractivity contribution in [2.75, 3.05) is 18.1 Å². The first kappa shape index (κ1) is 16.0. The predicted octanol–water partition coefficient (Wildman–Crippen LogP) is 1.52. The maximum atomic E-state index is 12.7. The fraction of sp³-hybridized carbons (Fsp3) is 0.714. The van der Waals surface area contributed by atoms with Gasteiger partial charge in [-0.05, 0) is 11.8 Å². The van der Waals surface area contributed by atoms with E-state index in [-0.39, 0.29) is 35.4 Å². The molecule has 1 amide bonds. The summed E-state index contributed by atoms with van der Waals surface area (Å²) in [7, 11) is -3.10. The van der Waals surface area contributed by atoms with Gasteiger partial charge in [0.25, 0.3) is 5.91 Å². The van der Waals surface area contributed by atoms with Gasteiger partial charge in [-0.1, -0.05) is 32.9 Å². The zero-order chi connectivity index (χ0) is 15.8. The Morgan fingerprint density at radius 2 is 2.14 bits per heavy atom. The van der Waals surface area contributed by atoms with Crippen molar-refractivity contribution in [2.24, 2.45) is 5.41 Å². The van der Waals surface area contributed by atoms with Crippen molar-refractivity contribution in [1.29, 1.82) is 0 Å². The first-order valence-corrected chi connectivity index (χ1v) is 8.92. The molecule has 1 fully saturated rings. The summed E-state index contributed by atoms with van der Waals surface area (Å²) in [5.41, 5.74) is 0.735. The Bertz CT molecular complexity index is 628. The Hall–Kier alpha value is -1.37. The maximum absolute atomic E-state index is 12.7. The molecule has 6 nitrogen and oxygen atoms in total. The Labute approximate surface area is 125 Å². The van der Waals surface area contributed by atoms with Gasteiger partial charge in [0.2, 0.25) is 0 Å². The number of nitrogens with zero attached hydrogens (tertiary/aromatic N) is 2. The molecule has 2 heterocycles. The normalized spacial score (nSPS) is 22.3. The molecule has 1 aliphatic heterocycles. The minimum Gasteiger partial charge on any atom is -0.364 e. The fourth-order valence-corrected chi connectivity index (χ4v) is 4.41. The Balaban J connectivity index is 2.35. The topological polar surface area (TPSA) is 80.5 Å². The van der Waals surface area contributed by atoms with Crippen LogP contribution in [-0.4, -0.2) is 48.5 Å². The SMILES string of the molecule is CCc1nocc1C(=O)N1CCS(=O)(=O)CC1C(C)(C)C. The van der Waals surface area contributed by atoms with E-state index in [1.807, 2.05) is 27.7 Å². The van der Waals surface area contributed by atoms with Crippen LogP contribution in [0.1, 0.15) is 43.7 Å². The van der Waals surface area contributed by atoms with E-state index in [4.69, 9.17) is 4.52 Å². The van der Waals surface area contributed by atoms with Gasteiger partial charge in [-0.2, -0.15) is 0 Å². The fourth-order valence-electron chi connectivity index (χ4n) is 2.61. The number of aryl methyl sites for hydroxylation is 1. The van der Waals surface area contributed by atoms with Crippen LogP contribution in [0.15, 0.2) is 10.8 Å². The Morgan fingerprint density at radius 3 is 2.71 bits per heavy atom. The summed E-state index contributed by atoms with van der Waals surface area (Å²) in [4.78, 5) is 14.4. The molecule has 1 aromatic rings. The summed E-state index contributed by atoms with van der Waals surface area (Å²) in [6, 6.07) is -0.344. The smallest absolute Gasteiger partial charge is 0.259 e. The average Bonchev–Trinajstić information content (AvgIpc) is 2.84. The molecule has 1 aromatic heterocycles. The van der Waals surface area contributed by atoms with Crippen molar-refractivity contribution in [3.05, 3.63) is 17.5 Å². The van der Waals surface area contributed by atoms with E-state index in [1.54, 1.807) is 4.90 Å². The minimum atomic E-state index is -3.10. The van der Waals surface area contributed by atoms with Crippen molar-refractivity contribution in [2.45, 2.75) is 40.2 Å². The number of sulfone groups is 1. The lowest BCUT2D eigenvalue weighted by Crippen LogP contribution is -2.56. The van der Waals surface area contributed by atoms with Crippen LogP contribution in [0.3, 0.4) is 0 Å².